The normalized spacial score (nSPS) is 10.8. The molecule has 72 valence electrons. The Hall–Kier alpha value is -1.64. The molecule has 0 saturated heterocycles. The molecule has 0 spiro atoms. The molecular weight excluding hydrogens is 181 g/mol. The number of Topliss-reactive ketones (excluding diaryl/α,β-unsaturated/α-hetero) is 1. The van der Waals surface area contributed by atoms with Crippen molar-refractivity contribution in [2.75, 3.05) is 0 Å². The first kappa shape index (κ1) is 8.94. The van der Waals surface area contributed by atoms with Gasteiger partial charge in [0.2, 0.25) is 0 Å². The molecule has 0 radical (unpaired) electrons. The Bertz CT molecular complexity index is 513. The molecule has 0 aliphatic carbocycles. The summed E-state index contributed by atoms with van der Waals surface area (Å²) in [6.07, 6.45) is 1.62. The summed E-state index contributed by atoms with van der Waals surface area (Å²) >= 11 is 0. The zero-order valence-corrected chi connectivity index (χ0v) is 8.02. The van der Waals surface area contributed by atoms with Crippen LogP contribution in [0.15, 0.2) is 18.3 Å². The van der Waals surface area contributed by atoms with Gasteiger partial charge in [0.1, 0.15) is 5.82 Å². The van der Waals surface area contributed by atoms with Gasteiger partial charge in [0, 0.05) is 22.7 Å². The first-order valence-corrected chi connectivity index (χ1v) is 4.38. The van der Waals surface area contributed by atoms with Crippen LogP contribution in [0.3, 0.4) is 0 Å². The monoisotopic (exact) mass is 191 g/mol. The number of carbonyl (C=O) groups is 1. The highest BCUT2D eigenvalue weighted by atomic mass is 19.1. The largest absolute Gasteiger partial charge is 0.360 e. The molecule has 0 aliphatic heterocycles. The number of aromatic amines is 1. The van der Waals surface area contributed by atoms with Crippen molar-refractivity contribution >= 4 is 16.7 Å². The van der Waals surface area contributed by atoms with Crippen LogP contribution in [0.25, 0.3) is 10.9 Å². The lowest BCUT2D eigenvalue weighted by Crippen LogP contribution is -1.89. The fraction of sp³-hybridized carbons (Fsp3) is 0.182. The second kappa shape index (κ2) is 2.94. The maximum Gasteiger partial charge on any atom is 0.161 e. The second-order valence-electron chi connectivity index (χ2n) is 3.35. The second-order valence-corrected chi connectivity index (χ2v) is 3.35. The average molecular weight is 191 g/mol. The molecule has 0 fully saturated rings. The van der Waals surface area contributed by atoms with Crippen molar-refractivity contribution < 1.29 is 9.18 Å². The summed E-state index contributed by atoms with van der Waals surface area (Å²) in [5.74, 6) is -0.267. The van der Waals surface area contributed by atoms with E-state index in [9.17, 15) is 9.18 Å². The molecule has 0 bridgehead atoms. The van der Waals surface area contributed by atoms with Gasteiger partial charge in [-0.3, -0.25) is 4.79 Å². The molecule has 0 amide bonds. The molecule has 2 rings (SSSR count). The zero-order chi connectivity index (χ0) is 10.3. The lowest BCUT2D eigenvalue weighted by molar-refractivity contribution is 0.101. The molecule has 0 aliphatic rings. The van der Waals surface area contributed by atoms with Gasteiger partial charge in [0.05, 0.1) is 5.52 Å². The Labute approximate surface area is 80.7 Å². The highest BCUT2D eigenvalue weighted by Gasteiger charge is 2.10. The maximum atomic E-state index is 13.2. The van der Waals surface area contributed by atoms with E-state index >= 15 is 0 Å². The van der Waals surface area contributed by atoms with Crippen LogP contribution in [0.5, 0.6) is 0 Å². The van der Waals surface area contributed by atoms with E-state index in [1.54, 1.807) is 19.2 Å². The van der Waals surface area contributed by atoms with Gasteiger partial charge in [0.25, 0.3) is 0 Å². The molecule has 2 nitrogen and oxygen atoms in total. The van der Waals surface area contributed by atoms with Gasteiger partial charge in [-0.15, -0.1) is 0 Å². The van der Waals surface area contributed by atoms with E-state index in [-0.39, 0.29) is 11.6 Å². The van der Waals surface area contributed by atoms with Crippen LogP contribution in [-0.4, -0.2) is 10.8 Å². The van der Waals surface area contributed by atoms with Gasteiger partial charge in [-0.1, -0.05) is 0 Å². The summed E-state index contributed by atoms with van der Waals surface area (Å²) in [5, 5.41) is 0.788. The fourth-order valence-electron chi connectivity index (χ4n) is 1.61. The molecule has 2 aromatic rings. The van der Waals surface area contributed by atoms with Crippen LogP contribution in [0.1, 0.15) is 22.8 Å². The maximum absolute atomic E-state index is 13.2. The Kier molecular flexibility index (Phi) is 1.88. The number of fused-ring (bicyclic) bond motifs is 1. The smallest absolute Gasteiger partial charge is 0.161 e. The number of hydrogen-bond acceptors (Lipinski definition) is 1. The van der Waals surface area contributed by atoms with Crippen molar-refractivity contribution in [2.24, 2.45) is 0 Å². The minimum Gasteiger partial charge on any atom is -0.360 e. The number of halogens is 1. The van der Waals surface area contributed by atoms with Crippen molar-refractivity contribution in [3.8, 4) is 0 Å². The molecule has 0 atom stereocenters. The van der Waals surface area contributed by atoms with E-state index in [1.807, 2.05) is 0 Å². The quantitative estimate of drug-likeness (QED) is 0.691. The number of aryl methyl sites for hydroxylation is 1. The Morgan fingerprint density at radius 1 is 1.43 bits per heavy atom. The molecule has 0 unspecified atom stereocenters. The first-order chi connectivity index (χ1) is 6.61. The van der Waals surface area contributed by atoms with Gasteiger partial charge in [-0.2, -0.15) is 0 Å². The fourth-order valence-corrected chi connectivity index (χ4v) is 1.61. The van der Waals surface area contributed by atoms with Crippen molar-refractivity contribution in [3.63, 3.8) is 0 Å². The predicted octanol–water partition coefficient (Wildman–Crippen LogP) is 2.82. The summed E-state index contributed by atoms with van der Waals surface area (Å²) in [4.78, 5) is 14.1. The minimum atomic E-state index is -0.255. The number of H-pyrrole nitrogens is 1. The van der Waals surface area contributed by atoms with Crippen molar-refractivity contribution in [3.05, 3.63) is 35.3 Å². The summed E-state index contributed by atoms with van der Waals surface area (Å²) < 4.78 is 13.2. The summed E-state index contributed by atoms with van der Waals surface area (Å²) in [6.45, 7) is 3.19. The number of aromatic nitrogens is 1. The minimum absolute atomic E-state index is 0.0118. The van der Waals surface area contributed by atoms with E-state index in [0.29, 0.717) is 16.6 Å². The van der Waals surface area contributed by atoms with Crippen LogP contribution in [0, 0.1) is 12.7 Å². The van der Waals surface area contributed by atoms with Gasteiger partial charge < -0.3 is 4.98 Å². The van der Waals surface area contributed by atoms with Gasteiger partial charge in [-0.25, -0.2) is 4.39 Å². The van der Waals surface area contributed by atoms with E-state index < -0.39 is 0 Å². The third-order valence-electron chi connectivity index (χ3n) is 2.43. The topological polar surface area (TPSA) is 32.9 Å². The molecule has 14 heavy (non-hydrogen) atoms. The van der Waals surface area contributed by atoms with Gasteiger partial charge >= 0.3 is 0 Å². The summed E-state index contributed by atoms with van der Waals surface area (Å²) in [6, 6.07) is 3.02. The zero-order valence-electron chi connectivity index (χ0n) is 8.02. The van der Waals surface area contributed by atoms with Crippen LogP contribution in [0.4, 0.5) is 4.39 Å². The molecule has 0 saturated carbocycles. The Morgan fingerprint density at radius 2 is 2.14 bits per heavy atom. The molecule has 1 N–H and O–H groups in total. The lowest BCUT2D eigenvalue weighted by Gasteiger charge is -1.98. The molecule has 1 heterocycles. The number of hydrogen-bond donors (Lipinski definition) is 1. The predicted molar refractivity (Wildman–Crippen MR) is 53.0 cm³/mol. The number of benzene rings is 1. The van der Waals surface area contributed by atoms with Crippen LogP contribution >= 0.6 is 0 Å². The van der Waals surface area contributed by atoms with Crippen molar-refractivity contribution in [1.29, 1.82) is 0 Å². The average Bonchev–Trinajstić information content (AvgIpc) is 2.55. The third-order valence-corrected chi connectivity index (χ3v) is 2.43. The van der Waals surface area contributed by atoms with E-state index in [4.69, 9.17) is 0 Å². The molecule has 1 aromatic carbocycles. The van der Waals surface area contributed by atoms with E-state index in [2.05, 4.69) is 4.98 Å². The van der Waals surface area contributed by atoms with E-state index in [0.717, 1.165) is 5.39 Å². The lowest BCUT2D eigenvalue weighted by atomic mass is 10.1. The van der Waals surface area contributed by atoms with Crippen LogP contribution in [0.2, 0.25) is 0 Å². The number of nitrogens with one attached hydrogen (secondary N) is 1. The highest BCUT2D eigenvalue weighted by molar-refractivity contribution is 6.07. The summed E-state index contributed by atoms with van der Waals surface area (Å²) in [7, 11) is 0. The molecule has 1 aromatic heterocycles. The summed E-state index contributed by atoms with van der Waals surface area (Å²) in [5.41, 5.74) is 1.87. The van der Waals surface area contributed by atoms with Gasteiger partial charge in [-0.05, 0) is 26.0 Å². The SMILES string of the molecule is CC(=O)c1c[nH]c2c(C)c(F)ccc12. The van der Waals surface area contributed by atoms with Crippen LogP contribution in [-0.2, 0) is 0 Å². The number of rotatable bonds is 1. The first-order valence-electron chi connectivity index (χ1n) is 4.38. The van der Waals surface area contributed by atoms with Gasteiger partial charge in [0.15, 0.2) is 5.78 Å². The number of ketones is 1. The Morgan fingerprint density at radius 3 is 2.79 bits per heavy atom. The standard InChI is InChI=1S/C11H10FNO/c1-6-10(12)4-3-8-9(7(2)14)5-13-11(6)8/h3-5,13H,1-2H3. The highest BCUT2D eigenvalue weighted by Crippen LogP contribution is 2.23. The van der Waals surface area contributed by atoms with Crippen LogP contribution < -0.4 is 0 Å². The molecular formula is C11H10FNO. The van der Waals surface area contributed by atoms with E-state index in [1.165, 1.54) is 13.0 Å². The van der Waals surface area contributed by atoms with Crippen molar-refractivity contribution in [2.45, 2.75) is 13.8 Å². The number of carbonyl (C=O) groups excluding carboxylic acids is 1. The third kappa shape index (κ3) is 1.13. The molecule has 3 heteroatoms. The Balaban J connectivity index is 2.83. The van der Waals surface area contributed by atoms with Crippen molar-refractivity contribution in [1.82, 2.24) is 4.98 Å².